The minimum Gasteiger partial charge on any atom is -0.379 e. The van der Waals surface area contributed by atoms with Gasteiger partial charge in [-0.25, -0.2) is 0 Å². The number of piperidine rings is 1. The predicted octanol–water partition coefficient (Wildman–Crippen LogP) is 2.51. The van der Waals surface area contributed by atoms with Crippen molar-refractivity contribution in [3.8, 4) is 0 Å². The molecular weight excluding hydrogens is 224 g/mol. The van der Waals surface area contributed by atoms with Crippen molar-refractivity contribution in [3.63, 3.8) is 0 Å². The van der Waals surface area contributed by atoms with Crippen molar-refractivity contribution in [1.29, 1.82) is 0 Å². The van der Waals surface area contributed by atoms with Crippen LogP contribution in [0.1, 0.15) is 46.5 Å². The van der Waals surface area contributed by atoms with Crippen molar-refractivity contribution >= 4 is 0 Å². The first-order valence-corrected chi connectivity index (χ1v) is 7.52. The van der Waals surface area contributed by atoms with Crippen molar-refractivity contribution in [2.75, 3.05) is 39.8 Å². The summed E-state index contributed by atoms with van der Waals surface area (Å²) in [6.07, 6.45) is 5.28. The molecule has 0 spiro atoms. The molecule has 0 aromatic carbocycles. The summed E-state index contributed by atoms with van der Waals surface area (Å²) >= 11 is 0. The van der Waals surface area contributed by atoms with Crippen molar-refractivity contribution in [2.45, 2.75) is 52.1 Å². The van der Waals surface area contributed by atoms with Gasteiger partial charge in [0.1, 0.15) is 0 Å². The molecule has 1 rings (SSSR count). The van der Waals surface area contributed by atoms with Gasteiger partial charge in [-0.2, -0.15) is 0 Å². The number of ether oxygens (including phenoxy) is 1. The van der Waals surface area contributed by atoms with Crippen molar-refractivity contribution in [3.05, 3.63) is 0 Å². The molecule has 0 radical (unpaired) electrons. The smallest absolute Gasteiger partial charge is 0.0634 e. The summed E-state index contributed by atoms with van der Waals surface area (Å²) in [6.45, 7) is 12.7. The molecule has 0 aliphatic carbocycles. The van der Waals surface area contributed by atoms with Gasteiger partial charge in [0.05, 0.1) is 5.60 Å². The fourth-order valence-electron chi connectivity index (χ4n) is 2.49. The molecule has 1 N–H and O–H groups in total. The number of nitrogens with zero attached hydrogens (tertiary/aromatic N) is 1. The molecule has 0 aromatic rings. The van der Waals surface area contributed by atoms with Crippen molar-refractivity contribution < 1.29 is 4.74 Å². The largest absolute Gasteiger partial charge is 0.379 e. The number of hydrogen-bond donors (Lipinski definition) is 1. The highest BCUT2D eigenvalue weighted by molar-refractivity contribution is 4.71. The molecule has 3 heteroatoms. The second kappa shape index (κ2) is 8.13. The maximum Gasteiger partial charge on any atom is 0.0634 e. The van der Waals surface area contributed by atoms with Crippen LogP contribution in [0.5, 0.6) is 0 Å². The Labute approximate surface area is 113 Å². The van der Waals surface area contributed by atoms with E-state index in [1.54, 1.807) is 7.11 Å². The first-order chi connectivity index (χ1) is 8.53. The number of rotatable bonds is 8. The molecule has 1 aliphatic heterocycles. The normalized spacial score (nSPS) is 20.0. The number of methoxy groups -OCH3 is 1. The first-order valence-electron chi connectivity index (χ1n) is 7.52. The van der Waals surface area contributed by atoms with Gasteiger partial charge in [0.15, 0.2) is 0 Å². The number of likely N-dealkylation sites (tertiary alicyclic amines) is 1. The molecule has 1 aliphatic rings. The van der Waals surface area contributed by atoms with Gasteiger partial charge in [-0.05, 0) is 65.2 Å². The predicted molar refractivity (Wildman–Crippen MR) is 78.0 cm³/mol. The molecule has 0 bridgehead atoms. The topological polar surface area (TPSA) is 24.5 Å². The van der Waals surface area contributed by atoms with Crippen LogP contribution < -0.4 is 5.32 Å². The van der Waals surface area contributed by atoms with E-state index >= 15 is 0 Å². The second-order valence-electron chi connectivity index (χ2n) is 6.38. The van der Waals surface area contributed by atoms with Crippen LogP contribution in [0.3, 0.4) is 0 Å². The fourth-order valence-corrected chi connectivity index (χ4v) is 2.49. The second-order valence-corrected chi connectivity index (χ2v) is 6.38. The zero-order valence-electron chi connectivity index (χ0n) is 12.8. The number of hydrogen-bond acceptors (Lipinski definition) is 3. The average molecular weight is 256 g/mol. The minimum absolute atomic E-state index is 0.00308. The summed E-state index contributed by atoms with van der Waals surface area (Å²) in [5.74, 6) is 0.744. The lowest BCUT2D eigenvalue weighted by Crippen LogP contribution is -2.37. The monoisotopic (exact) mass is 256 g/mol. The van der Waals surface area contributed by atoms with Gasteiger partial charge < -0.3 is 15.0 Å². The van der Waals surface area contributed by atoms with E-state index in [0.717, 1.165) is 25.4 Å². The first kappa shape index (κ1) is 15.9. The molecule has 0 amide bonds. The van der Waals surface area contributed by atoms with Crippen LogP contribution in [-0.4, -0.2) is 50.3 Å². The standard InChI is InChI=1S/C15H32N2O/c1-14(13-17-10-6-5-7-11-17)12-16-9-8-15(2,3)18-4/h14,16H,5-13H2,1-4H3. The van der Waals surface area contributed by atoms with Crippen LogP contribution in [0.2, 0.25) is 0 Å². The van der Waals surface area contributed by atoms with Crippen LogP contribution >= 0.6 is 0 Å². The molecule has 1 fully saturated rings. The van der Waals surface area contributed by atoms with Gasteiger partial charge in [0.2, 0.25) is 0 Å². The third kappa shape index (κ3) is 6.72. The Bertz CT molecular complexity index is 213. The van der Waals surface area contributed by atoms with Crippen molar-refractivity contribution in [2.24, 2.45) is 5.92 Å². The number of nitrogens with one attached hydrogen (secondary N) is 1. The molecule has 0 aromatic heterocycles. The van der Waals surface area contributed by atoms with Gasteiger partial charge in [-0.3, -0.25) is 0 Å². The van der Waals surface area contributed by atoms with Gasteiger partial charge in [0, 0.05) is 13.7 Å². The van der Waals surface area contributed by atoms with Crippen LogP contribution in [0.4, 0.5) is 0 Å². The molecule has 1 atom stereocenters. The highest BCUT2D eigenvalue weighted by Crippen LogP contribution is 2.12. The summed E-state index contributed by atoms with van der Waals surface area (Å²) < 4.78 is 5.42. The summed E-state index contributed by atoms with van der Waals surface area (Å²) in [7, 11) is 1.79. The summed E-state index contributed by atoms with van der Waals surface area (Å²) in [5.41, 5.74) is 0.00308. The van der Waals surface area contributed by atoms with E-state index < -0.39 is 0 Å². The van der Waals surface area contributed by atoms with Crippen LogP contribution in [0.25, 0.3) is 0 Å². The van der Waals surface area contributed by atoms with Crippen LogP contribution in [0.15, 0.2) is 0 Å². The molecule has 1 heterocycles. The van der Waals surface area contributed by atoms with E-state index in [1.807, 2.05) is 0 Å². The Morgan fingerprint density at radius 1 is 1.22 bits per heavy atom. The van der Waals surface area contributed by atoms with E-state index in [4.69, 9.17) is 4.74 Å². The Hall–Kier alpha value is -0.120. The van der Waals surface area contributed by atoms with E-state index in [2.05, 4.69) is 31.0 Å². The van der Waals surface area contributed by atoms with Gasteiger partial charge >= 0.3 is 0 Å². The van der Waals surface area contributed by atoms with Crippen LogP contribution in [-0.2, 0) is 4.74 Å². The molecule has 0 saturated carbocycles. The molecular formula is C15H32N2O. The summed E-state index contributed by atoms with van der Waals surface area (Å²) in [4.78, 5) is 2.62. The minimum atomic E-state index is 0.00308. The van der Waals surface area contributed by atoms with E-state index in [9.17, 15) is 0 Å². The average Bonchev–Trinajstić information content (AvgIpc) is 2.36. The van der Waals surface area contributed by atoms with Crippen LogP contribution in [0, 0.1) is 5.92 Å². The quantitative estimate of drug-likeness (QED) is 0.675. The maximum absolute atomic E-state index is 5.42. The summed E-state index contributed by atoms with van der Waals surface area (Å²) in [6, 6.07) is 0. The van der Waals surface area contributed by atoms with Crippen molar-refractivity contribution in [1.82, 2.24) is 10.2 Å². The molecule has 18 heavy (non-hydrogen) atoms. The Morgan fingerprint density at radius 3 is 2.50 bits per heavy atom. The van der Waals surface area contributed by atoms with Gasteiger partial charge in [-0.15, -0.1) is 0 Å². The molecule has 108 valence electrons. The lowest BCUT2D eigenvalue weighted by atomic mass is 10.0. The van der Waals surface area contributed by atoms with E-state index in [-0.39, 0.29) is 5.60 Å². The molecule has 3 nitrogen and oxygen atoms in total. The SMILES string of the molecule is COC(C)(C)CCNCC(C)CN1CCCCC1. The zero-order valence-corrected chi connectivity index (χ0v) is 12.8. The molecule has 1 saturated heterocycles. The highest BCUT2D eigenvalue weighted by atomic mass is 16.5. The van der Waals surface area contributed by atoms with E-state index in [0.29, 0.717) is 0 Å². The lowest BCUT2D eigenvalue weighted by molar-refractivity contribution is 0.0157. The Kier molecular flexibility index (Phi) is 7.20. The summed E-state index contributed by atoms with van der Waals surface area (Å²) in [5, 5.41) is 3.56. The maximum atomic E-state index is 5.42. The van der Waals surface area contributed by atoms with E-state index in [1.165, 1.54) is 38.9 Å². The van der Waals surface area contributed by atoms with Gasteiger partial charge in [0.25, 0.3) is 0 Å². The third-order valence-electron chi connectivity index (χ3n) is 3.97. The Morgan fingerprint density at radius 2 is 1.89 bits per heavy atom. The highest BCUT2D eigenvalue weighted by Gasteiger charge is 2.16. The zero-order chi connectivity index (χ0) is 13.4. The Balaban J connectivity index is 2.04. The lowest BCUT2D eigenvalue weighted by Gasteiger charge is -2.29. The fraction of sp³-hybridized carbons (Fsp3) is 1.00. The molecule has 1 unspecified atom stereocenters. The van der Waals surface area contributed by atoms with Gasteiger partial charge in [-0.1, -0.05) is 13.3 Å². The third-order valence-corrected chi connectivity index (χ3v) is 3.97.